The number of aliphatic hydroxyl groups is 1. The van der Waals surface area contributed by atoms with E-state index in [2.05, 4.69) is 0 Å². The summed E-state index contributed by atoms with van der Waals surface area (Å²) in [7, 11) is -3.87. The van der Waals surface area contributed by atoms with Crippen LogP contribution in [0.15, 0.2) is 47.2 Å². The average Bonchev–Trinajstić information content (AvgIpc) is 2.92. The van der Waals surface area contributed by atoms with Crippen molar-refractivity contribution in [2.75, 3.05) is 6.54 Å². The predicted octanol–water partition coefficient (Wildman–Crippen LogP) is 1.49. The largest absolute Gasteiger partial charge is 0.387 e. The zero-order valence-corrected chi connectivity index (χ0v) is 12.3. The van der Waals surface area contributed by atoms with Gasteiger partial charge in [0.15, 0.2) is 0 Å². The second-order valence-electron chi connectivity index (χ2n) is 4.40. The third kappa shape index (κ3) is 4.12. The zero-order chi connectivity index (χ0) is 14.6. The van der Waals surface area contributed by atoms with E-state index in [0.29, 0.717) is 5.56 Å². The topological polar surface area (TPSA) is 83.6 Å². The van der Waals surface area contributed by atoms with Gasteiger partial charge >= 0.3 is 0 Å². The third-order valence-electron chi connectivity index (χ3n) is 2.87. The number of aliphatic hydroxyl groups excluding tert-OH is 1. The minimum absolute atomic E-state index is 0.0650. The molecule has 0 aliphatic carbocycles. The number of hydrogen-bond donors (Lipinski definition) is 2. The Labute approximate surface area is 122 Å². The second kappa shape index (κ2) is 6.47. The summed E-state index contributed by atoms with van der Waals surface area (Å²) in [6.45, 7) is 0.0747. The minimum atomic E-state index is -3.87. The standard InChI is InChI=1S/C13H16N2O3S2/c14-20(17,18)15(8-11-4-2-1-3-5-11)9-13(16)12-6-7-19-10-12/h1-7,10,13,16H,8-9H2,(H2,14,17,18). The van der Waals surface area contributed by atoms with Crippen molar-refractivity contribution in [1.82, 2.24) is 4.31 Å². The fraction of sp³-hybridized carbons (Fsp3) is 0.231. The molecule has 7 heteroatoms. The van der Waals surface area contributed by atoms with Crippen LogP contribution in [0.3, 0.4) is 0 Å². The molecule has 2 rings (SSSR count). The lowest BCUT2D eigenvalue weighted by molar-refractivity contribution is 0.146. The lowest BCUT2D eigenvalue weighted by atomic mass is 10.2. The normalized spacial score (nSPS) is 13.6. The summed E-state index contributed by atoms with van der Waals surface area (Å²) in [4.78, 5) is 0. The molecule has 1 unspecified atom stereocenters. The molecule has 0 fully saturated rings. The maximum Gasteiger partial charge on any atom is 0.277 e. The SMILES string of the molecule is NS(=O)(=O)N(Cc1ccccc1)CC(O)c1ccsc1. The lowest BCUT2D eigenvalue weighted by Crippen LogP contribution is -2.38. The van der Waals surface area contributed by atoms with Crippen molar-refractivity contribution < 1.29 is 13.5 Å². The van der Waals surface area contributed by atoms with Crippen LogP contribution in [-0.2, 0) is 16.8 Å². The van der Waals surface area contributed by atoms with Crippen LogP contribution >= 0.6 is 11.3 Å². The first kappa shape index (κ1) is 15.1. The average molecular weight is 312 g/mol. The van der Waals surface area contributed by atoms with Crippen LogP contribution in [0.4, 0.5) is 0 Å². The highest BCUT2D eigenvalue weighted by molar-refractivity contribution is 7.86. The Morgan fingerprint density at radius 3 is 2.50 bits per heavy atom. The Hall–Kier alpha value is -1.25. The van der Waals surface area contributed by atoms with Crippen molar-refractivity contribution in [1.29, 1.82) is 0 Å². The van der Waals surface area contributed by atoms with E-state index in [-0.39, 0.29) is 13.1 Å². The zero-order valence-electron chi connectivity index (χ0n) is 10.7. The number of thiophene rings is 1. The molecule has 0 saturated carbocycles. The summed E-state index contributed by atoms with van der Waals surface area (Å²) in [5.74, 6) is 0. The molecule has 0 aliphatic rings. The molecule has 20 heavy (non-hydrogen) atoms. The van der Waals surface area contributed by atoms with Gasteiger partial charge in [0, 0.05) is 13.1 Å². The Kier molecular flexibility index (Phi) is 4.90. The Balaban J connectivity index is 2.13. The van der Waals surface area contributed by atoms with Crippen molar-refractivity contribution in [3.8, 4) is 0 Å². The second-order valence-corrected chi connectivity index (χ2v) is 6.72. The maximum absolute atomic E-state index is 11.6. The molecule has 2 aromatic rings. The highest BCUT2D eigenvalue weighted by Crippen LogP contribution is 2.19. The summed E-state index contributed by atoms with van der Waals surface area (Å²) in [5, 5.41) is 18.9. The molecule has 5 nitrogen and oxygen atoms in total. The van der Waals surface area contributed by atoms with Crippen molar-refractivity contribution in [2.45, 2.75) is 12.6 Å². The molecule has 0 saturated heterocycles. The van der Waals surface area contributed by atoms with Crippen LogP contribution < -0.4 is 5.14 Å². The molecule has 3 N–H and O–H groups in total. The number of nitrogens with two attached hydrogens (primary N) is 1. The summed E-state index contributed by atoms with van der Waals surface area (Å²) >= 11 is 1.45. The van der Waals surface area contributed by atoms with Gasteiger partial charge in [0.1, 0.15) is 0 Å². The van der Waals surface area contributed by atoms with E-state index < -0.39 is 16.3 Å². The van der Waals surface area contributed by atoms with E-state index in [9.17, 15) is 13.5 Å². The van der Waals surface area contributed by atoms with E-state index in [4.69, 9.17) is 5.14 Å². The first-order valence-corrected chi connectivity index (χ1v) is 8.43. The molecule has 1 aromatic carbocycles. The van der Waals surface area contributed by atoms with Crippen LogP contribution in [0.2, 0.25) is 0 Å². The van der Waals surface area contributed by atoms with Crippen LogP contribution in [0, 0.1) is 0 Å². The van der Waals surface area contributed by atoms with E-state index in [1.807, 2.05) is 35.7 Å². The molecule has 0 spiro atoms. The maximum atomic E-state index is 11.6. The van der Waals surface area contributed by atoms with Gasteiger partial charge in [-0.15, -0.1) is 0 Å². The Bertz CT molecular complexity index is 627. The van der Waals surface area contributed by atoms with Crippen LogP contribution in [0.5, 0.6) is 0 Å². The van der Waals surface area contributed by atoms with Gasteiger partial charge in [-0.3, -0.25) is 0 Å². The monoisotopic (exact) mass is 312 g/mol. The van der Waals surface area contributed by atoms with Gasteiger partial charge in [0.2, 0.25) is 0 Å². The quantitative estimate of drug-likeness (QED) is 0.847. The van der Waals surface area contributed by atoms with Gasteiger partial charge in [-0.1, -0.05) is 30.3 Å². The number of rotatable bonds is 6. The third-order valence-corrected chi connectivity index (χ3v) is 4.57. The highest BCUT2D eigenvalue weighted by atomic mass is 32.2. The van der Waals surface area contributed by atoms with Gasteiger partial charge in [-0.2, -0.15) is 24.1 Å². The number of hydrogen-bond acceptors (Lipinski definition) is 4. The summed E-state index contributed by atoms with van der Waals surface area (Å²) in [6.07, 6.45) is -0.886. The smallest absolute Gasteiger partial charge is 0.277 e. The lowest BCUT2D eigenvalue weighted by Gasteiger charge is -2.22. The molecule has 1 heterocycles. The molecular formula is C13H16N2O3S2. The van der Waals surface area contributed by atoms with Crippen molar-refractivity contribution >= 4 is 21.5 Å². The summed E-state index contributed by atoms with van der Waals surface area (Å²) in [5.41, 5.74) is 1.51. The fourth-order valence-corrected chi connectivity index (χ4v) is 3.19. The molecule has 108 valence electrons. The molecular weight excluding hydrogens is 296 g/mol. The molecule has 0 aliphatic heterocycles. The van der Waals surface area contributed by atoms with Crippen LogP contribution in [0.1, 0.15) is 17.2 Å². The fourth-order valence-electron chi connectivity index (χ4n) is 1.81. The van der Waals surface area contributed by atoms with E-state index in [1.165, 1.54) is 11.3 Å². The van der Waals surface area contributed by atoms with Gasteiger partial charge < -0.3 is 5.11 Å². The van der Waals surface area contributed by atoms with Crippen molar-refractivity contribution in [2.24, 2.45) is 5.14 Å². The van der Waals surface area contributed by atoms with E-state index >= 15 is 0 Å². The molecule has 0 bridgehead atoms. The minimum Gasteiger partial charge on any atom is -0.387 e. The molecule has 0 radical (unpaired) electrons. The number of benzene rings is 1. The van der Waals surface area contributed by atoms with Crippen LogP contribution in [0.25, 0.3) is 0 Å². The van der Waals surface area contributed by atoms with E-state index in [1.54, 1.807) is 11.4 Å². The molecule has 0 amide bonds. The van der Waals surface area contributed by atoms with Crippen molar-refractivity contribution in [3.05, 3.63) is 58.3 Å². The van der Waals surface area contributed by atoms with Gasteiger partial charge in [-0.25, -0.2) is 5.14 Å². The summed E-state index contributed by atoms with van der Waals surface area (Å²) in [6, 6.07) is 10.9. The predicted molar refractivity (Wildman–Crippen MR) is 79.2 cm³/mol. The van der Waals surface area contributed by atoms with Gasteiger partial charge in [0.05, 0.1) is 6.10 Å². The summed E-state index contributed by atoms with van der Waals surface area (Å²) < 4.78 is 24.3. The molecule has 1 atom stereocenters. The first-order valence-electron chi connectivity index (χ1n) is 5.99. The van der Waals surface area contributed by atoms with Crippen LogP contribution in [-0.4, -0.2) is 24.4 Å². The molecule has 1 aromatic heterocycles. The highest BCUT2D eigenvalue weighted by Gasteiger charge is 2.22. The van der Waals surface area contributed by atoms with Gasteiger partial charge in [0.25, 0.3) is 10.2 Å². The Morgan fingerprint density at radius 1 is 1.25 bits per heavy atom. The Morgan fingerprint density at radius 2 is 1.95 bits per heavy atom. The number of nitrogens with zero attached hydrogens (tertiary/aromatic N) is 1. The van der Waals surface area contributed by atoms with Gasteiger partial charge in [-0.05, 0) is 28.0 Å². The first-order chi connectivity index (χ1) is 9.47. The van der Waals surface area contributed by atoms with Crippen molar-refractivity contribution in [3.63, 3.8) is 0 Å². The van der Waals surface area contributed by atoms with E-state index in [0.717, 1.165) is 9.87 Å².